The van der Waals surface area contributed by atoms with Crippen LogP contribution in [0.15, 0.2) is 12.8 Å². The summed E-state index contributed by atoms with van der Waals surface area (Å²) >= 11 is 0. The van der Waals surface area contributed by atoms with Crippen molar-refractivity contribution in [3.05, 3.63) is 12.8 Å². The Kier molecular flexibility index (Phi) is 11.6. The molecule has 0 rings (SSSR count). The van der Waals surface area contributed by atoms with Gasteiger partial charge in [0, 0.05) is 6.92 Å². The van der Waals surface area contributed by atoms with E-state index in [1.54, 1.807) is 0 Å². The highest BCUT2D eigenvalue weighted by molar-refractivity contribution is 5.70. The van der Waals surface area contributed by atoms with Crippen LogP contribution in [0.25, 0.3) is 0 Å². The number of primary amides is 1. The number of carbonyl (C=O) groups excluding carboxylic acids is 2. The SMILES string of the molecule is C=COC=O.CC(N)=O. The van der Waals surface area contributed by atoms with Crippen LogP contribution in [0.4, 0.5) is 0 Å². The Morgan fingerprint density at radius 3 is 2.11 bits per heavy atom. The molecular formula is C5H9NO3. The molecule has 0 aliphatic heterocycles. The van der Waals surface area contributed by atoms with Crippen molar-refractivity contribution >= 4 is 12.4 Å². The molecule has 0 saturated carbocycles. The normalized spacial score (nSPS) is 5.89. The number of hydrogen-bond acceptors (Lipinski definition) is 3. The molecule has 1 amide bonds. The summed E-state index contributed by atoms with van der Waals surface area (Å²) in [5.74, 6) is -0.333. The lowest BCUT2D eigenvalue weighted by Crippen LogP contribution is -2.01. The molecule has 0 saturated heterocycles. The standard InChI is InChI=1S/C3H4O2.C2H5NO/c1-2-5-3-4;1-2(3)4/h2-3H,1H2;1H3,(H2,3,4). The maximum atomic E-state index is 9.22. The van der Waals surface area contributed by atoms with Gasteiger partial charge in [0.1, 0.15) is 0 Å². The van der Waals surface area contributed by atoms with E-state index in [1.807, 2.05) is 0 Å². The first-order valence-corrected chi connectivity index (χ1v) is 2.11. The number of amides is 1. The van der Waals surface area contributed by atoms with Crippen molar-refractivity contribution < 1.29 is 14.3 Å². The van der Waals surface area contributed by atoms with Gasteiger partial charge in [0.25, 0.3) is 6.47 Å². The second-order valence-corrected chi connectivity index (χ2v) is 1.01. The third-order valence-electron chi connectivity index (χ3n) is 0.152. The second-order valence-electron chi connectivity index (χ2n) is 1.01. The van der Waals surface area contributed by atoms with Gasteiger partial charge in [0.15, 0.2) is 0 Å². The first kappa shape index (κ1) is 10.6. The van der Waals surface area contributed by atoms with Crippen molar-refractivity contribution in [3.63, 3.8) is 0 Å². The molecule has 0 unspecified atom stereocenters. The Bertz CT molecular complexity index is 90.4. The summed E-state index contributed by atoms with van der Waals surface area (Å²) in [5, 5.41) is 0. The van der Waals surface area contributed by atoms with Gasteiger partial charge in [-0.05, 0) is 0 Å². The van der Waals surface area contributed by atoms with Gasteiger partial charge in [-0.15, -0.1) is 0 Å². The monoisotopic (exact) mass is 131 g/mol. The van der Waals surface area contributed by atoms with Crippen molar-refractivity contribution in [1.82, 2.24) is 0 Å². The zero-order valence-corrected chi connectivity index (χ0v) is 5.16. The zero-order chi connectivity index (χ0) is 7.70. The molecule has 0 atom stereocenters. The third kappa shape index (κ3) is 316. The summed E-state index contributed by atoms with van der Waals surface area (Å²) < 4.78 is 3.92. The fourth-order valence-electron chi connectivity index (χ4n) is 0.0393. The number of hydrogen-bond donors (Lipinski definition) is 1. The molecule has 0 aromatic heterocycles. The van der Waals surface area contributed by atoms with Crippen molar-refractivity contribution in [3.8, 4) is 0 Å². The smallest absolute Gasteiger partial charge is 0.297 e. The van der Waals surface area contributed by atoms with Crippen LogP contribution in [0, 0.1) is 0 Å². The van der Waals surface area contributed by atoms with E-state index in [-0.39, 0.29) is 5.91 Å². The number of ether oxygens (including phenoxy) is 1. The highest BCUT2D eigenvalue weighted by Crippen LogP contribution is 1.55. The van der Waals surface area contributed by atoms with Crippen LogP contribution in [0.2, 0.25) is 0 Å². The topological polar surface area (TPSA) is 69.4 Å². The van der Waals surface area contributed by atoms with Gasteiger partial charge in [-0.25, -0.2) is 0 Å². The van der Waals surface area contributed by atoms with Gasteiger partial charge in [-0.3, -0.25) is 9.59 Å². The molecule has 4 heteroatoms. The molecule has 2 N–H and O–H groups in total. The molecule has 4 nitrogen and oxygen atoms in total. The first-order chi connectivity index (χ1) is 4.15. The van der Waals surface area contributed by atoms with Crippen LogP contribution in [0.3, 0.4) is 0 Å². The van der Waals surface area contributed by atoms with E-state index in [4.69, 9.17) is 4.79 Å². The Morgan fingerprint density at radius 1 is 1.78 bits per heavy atom. The highest BCUT2D eigenvalue weighted by atomic mass is 16.5. The number of rotatable bonds is 2. The zero-order valence-electron chi connectivity index (χ0n) is 5.16. The van der Waals surface area contributed by atoms with Crippen molar-refractivity contribution in [2.75, 3.05) is 0 Å². The molecular weight excluding hydrogens is 122 g/mol. The fourth-order valence-corrected chi connectivity index (χ4v) is 0.0393. The van der Waals surface area contributed by atoms with Gasteiger partial charge < -0.3 is 10.5 Å². The number of carbonyl (C=O) groups is 2. The van der Waals surface area contributed by atoms with E-state index >= 15 is 0 Å². The summed E-state index contributed by atoms with van der Waals surface area (Å²) in [6.07, 6.45) is 1.06. The predicted molar refractivity (Wildman–Crippen MR) is 32.2 cm³/mol. The van der Waals surface area contributed by atoms with Crippen molar-refractivity contribution in [2.45, 2.75) is 6.92 Å². The predicted octanol–water partition coefficient (Wildman–Crippen LogP) is -0.205. The minimum Gasteiger partial charge on any atom is -0.437 e. The molecule has 0 aromatic rings. The van der Waals surface area contributed by atoms with Crippen LogP contribution >= 0.6 is 0 Å². The summed E-state index contributed by atoms with van der Waals surface area (Å²) in [6.45, 7) is 4.72. The van der Waals surface area contributed by atoms with Crippen LogP contribution in [-0.2, 0) is 14.3 Å². The lowest BCUT2D eigenvalue weighted by Gasteiger charge is -1.71. The average molecular weight is 131 g/mol. The highest BCUT2D eigenvalue weighted by Gasteiger charge is 1.61. The maximum Gasteiger partial charge on any atom is 0.297 e. The summed E-state index contributed by atoms with van der Waals surface area (Å²) in [6, 6.07) is 0. The summed E-state index contributed by atoms with van der Waals surface area (Å²) in [7, 11) is 0. The molecule has 0 radical (unpaired) electrons. The second kappa shape index (κ2) is 9.84. The Balaban J connectivity index is 0. The van der Waals surface area contributed by atoms with Gasteiger partial charge >= 0.3 is 0 Å². The molecule has 0 aliphatic carbocycles. The van der Waals surface area contributed by atoms with E-state index in [0.29, 0.717) is 6.47 Å². The summed E-state index contributed by atoms with van der Waals surface area (Å²) in [5.41, 5.74) is 4.47. The van der Waals surface area contributed by atoms with Crippen LogP contribution in [0.1, 0.15) is 6.92 Å². The Labute approximate surface area is 53.3 Å². The van der Waals surface area contributed by atoms with Crippen LogP contribution in [0.5, 0.6) is 0 Å². The molecule has 52 valence electrons. The molecule has 9 heavy (non-hydrogen) atoms. The van der Waals surface area contributed by atoms with Crippen LogP contribution < -0.4 is 5.73 Å². The fraction of sp³-hybridized carbons (Fsp3) is 0.200. The Hall–Kier alpha value is -1.32. The quantitative estimate of drug-likeness (QED) is 0.416. The largest absolute Gasteiger partial charge is 0.437 e. The average Bonchev–Trinajstić information content (AvgIpc) is 1.66. The lowest BCUT2D eigenvalue weighted by atomic mass is 10.8. The molecule has 0 aromatic carbocycles. The molecule has 0 heterocycles. The van der Waals surface area contributed by atoms with Gasteiger partial charge in [0.05, 0.1) is 6.26 Å². The Morgan fingerprint density at radius 2 is 2.11 bits per heavy atom. The van der Waals surface area contributed by atoms with E-state index < -0.39 is 0 Å². The number of nitrogens with two attached hydrogens (primary N) is 1. The van der Waals surface area contributed by atoms with Crippen molar-refractivity contribution in [2.24, 2.45) is 5.73 Å². The minimum absolute atomic E-state index is 0.312. The first-order valence-electron chi connectivity index (χ1n) is 2.11. The third-order valence-corrected chi connectivity index (χ3v) is 0.152. The van der Waals surface area contributed by atoms with Crippen molar-refractivity contribution in [1.29, 1.82) is 0 Å². The van der Waals surface area contributed by atoms with E-state index in [0.717, 1.165) is 6.26 Å². The van der Waals surface area contributed by atoms with Crippen LogP contribution in [-0.4, -0.2) is 12.4 Å². The molecule has 0 aliphatic rings. The minimum atomic E-state index is -0.333. The van der Waals surface area contributed by atoms with Gasteiger partial charge in [0.2, 0.25) is 5.91 Å². The van der Waals surface area contributed by atoms with Gasteiger partial charge in [-0.1, -0.05) is 6.58 Å². The van der Waals surface area contributed by atoms with E-state index in [1.165, 1.54) is 6.92 Å². The van der Waals surface area contributed by atoms with E-state index in [9.17, 15) is 4.79 Å². The molecule has 0 fully saturated rings. The lowest BCUT2D eigenvalue weighted by molar-refractivity contribution is -0.123. The molecule has 0 spiro atoms. The van der Waals surface area contributed by atoms with Gasteiger partial charge in [-0.2, -0.15) is 0 Å². The summed E-state index contributed by atoms with van der Waals surface area (Å²) in [4.78, 5) is 18.3. The molecule has 0 bridgehead atoms. The maximum absolute atomic E-state index is 9.22. The van der Waals surface area contributed by atoms with E-state index in [2.05, 4.69) is 17.0 Å².